The number of halogens is 3. The Kier molecular flexibility index (Phi) is 6.96. The van der Waals surface area contributed by atoms with Crippen molar-refractivity contribution in [2.75, 3.05) is 5.32 Å². The molecule has 5 nitrogen and oxygen atoms in total. The van der Waals surface area contributed by atoms with Crippen molar-refractivity contribution in [3.05, 3.63) is 111 Å². The number of rotatable bonds is 7. The van der Waals surface area contributed by atoms with E-state index < -0.39 is 5.82 Å². The molecule has 0 aliphatic heterocycles. The van der Waals surface area contributed by atoms with Gasteiger partial charge in [-0.05, 0) is 66.1 Å². The highest BCUT2D eigenvalue weighted by Crippen LogP contribution is 2.22. The van der Waals surface area contributed by atoms with Crippen molar-refractivity contribution in [3.8, 4) is 5.75 Å². The van der Waals surface area contributed by atoms with E-state index in [1.165, 1.54) is 12.1 Å². The van der Waals surface area contributed by atoms with E-state index in [9.17, 15) is 9.18 Å². The van der Waals surface area contributed by atoms with Crippen LogP contribution in [0.15, 0.2) is 72.9 Å². The fraction of sp³-hybridized carbons (Fsp3) is 0.120. The third kappa shape index (κ3) is 5.92. The quantitative estimate of drug-likeness (QED) is 0.325. The molecule has 8 heteroatoms. The second kappa shape index (κ2) is 10.1. The summed E-state index contributed by atoms with van der Waals surface area (Å²) in [4.78, 5) is 12.6. The number of hydrogen-bond donors (Lipinski definition) is 1. The van der Waals surface area contributed by atoms with Gasteiger partial charge in [0.25, 0.3) is 5.91 Å². The van der Waals surface area contributed by atoms with E-state index in [4.69, 9.17) is 27.9 Å². The zero-order chi connectivity index (χ0) is 23.4. The summed E-state index contributed by atoms with van der Waals surface area (Å²) >= 11 is 12.1. The number of carbonyl (C=O) groups excluding carboxylic acids is 1. The minimum Gasteiger partial charge on any atom is -0.489 e. The van der Waals surface area contributed by atoms with Crippen LogP contribution in [-0.4, -0.2) is 15.7 Å². The summed E-state index contributed by atoms with van der Waals surface area (Å²) in [6, 6.07) is 18.5. The lowest BCUT2D eigenvalue weighted by Gasteiger charge is -2.09. The van der Waals surface area contributed by atoms with Crippen LogP contribution in [-0.2, 0) is 13.2 Å². The van der Waals surface area contributed by atoms with E-state index in [1.54, 1.807) is 41.2 Å². The molecule has 0 saturated carbocycles. The standard InChI is InChI=1S/C25H20Cl2FN3O2/c1-16-12-21(8-9-22(16)26)33-15-17-2-4-18(5-3-17)25(32)29-24-10-11-31(30-24)14-19-6-7-20(28)13-23(19)27/h2-13H,14-15H2,1H3,(H,29,30,32). The van der Waals surface area contributed by atoms with Crippen LogP contribution in [0.1, 0.15) is 27.0 Å². The van der Waals surface area contributed by atoms with Gasteiger partial charge in [0.15, 0.2) is 5.82 Å². The lowest BCUT2D eigenvalue weighted by atomic mass is 10.1. The number of aromatic nitrogens is 2. The number of anilines is 1. The second-order valence-corrected chi connectivity index (χ2v) is 8.30. The second-order valence-electron chi connectivity index (χ2n) is 7.49. The third-order valence-corrected chi connectivity index (χ3v) is 5.76. The number of nitrogens with zero attached hydrogens (tertiary/aromatic N) is 2. The molecule has 1 heterocycles. The molecule has 0 atom stereocenters. The Morgan fingerprint density at radius 1 is 1.03 bits per heavy atom. The lowest BCUT2D eigenvalue weighted by Crippen LogP contribution is -2.13. The van der Waals surface area contributed by atoms with E-state index in [-0.39, 0.29) is 5.91 Å². The van der Waals surface area contributed by atoms with Gasteiger partial charge in [-0.3, -0.25) is 9.48 Å². The maximum atomic E-state index is 13.2. The minimum atomic E-state index is -0.394. The Morgan fingerprint density at radius 3 is 2.55 bits per heavy atom. The number of ether oxygens (including phenoxy) is 1. The van der Waals surface area contributed by atoms with Crippen LogP contribution < -0.4 is 10.1 Å². The molecule has 1 aromatic heterocycles. The van der Waals surface area contributed by atoms with Crippen molar-refractivity contribution < 1.29 is 13.9 Å². The van der Waals surface area contributed by atoms with Gasteiger partial charge in [0.05, 0.1) is 6.54 Å². The number of carbonyl (C=O) groups is 1. The van der Waals surface area contributed by atoms with Gasteiger partial charge in [-0.25, -0.2) is 4.39 Å². The summed E-state index contributed by atoms with van der Waals surface area (Å²) in [5.41, 5.74) is 3.10. The fourth-order valence-electron chi connectivity index (χ4n) is 3.16. The first-order valence-electron chi connectivity index (χ1n) is 10.1. The smallest absolute Gasteiger partial charge is 0.256 e. The van der Waals surface area contributed by atoms with Crippen LogP contribution in [0.5, 0.6) is 5.75 Å². The summed E-state index contributed by atoms with van der Waals surface area (Å²) < 4.78 is 20.6. The van der Waals surface area contributed by atoms with Gasteiger partial charge in [-0.2, -0.15) is 5.10 Å². The van der Waals surface area contributed by atoms with Gasteiger partial charge in [-0.15, -0.1) is 0 Å². The van der Waals surface area contributed by atoms with Gasteiger partial charge in [0.1, 0.15) is 18.2 Å². The maximum absolute atomic E-state index is 13.2. The largest absolute Gasteiger partial charge is 0.489 e. The van der Waals surface area contributed by atoms with Crippen molar-refractivity contribution in [2.24, 2.45) is 0 Å². The first kappa shape index (κ1) is 22.8. The summed E-state index contributed by atoms with van der Waals surface area (Å²) in [6.07, 6.45) is 1.72. The molecule has 0 aliphatic rings. The van der Waals surface area contributed by atoms with E-state index in [0.29, 0.717) is 34.6 Å². The van der Waals surface area contributed by atoms with E-state index in [0.717, 1.165) is 22.4 Å². The minimum absolute atomic E-state index is 0.277. The van der Waals surface area contributed by atoms with Crippen LogP contribution in [0.4, 0.5) is 10.2 Å². The molecule has 0 unspecified atom stereocenters. The lowest BCUT2D eigenvalue weighted by molar-refractivity contribution is 0.102. The van der Waals surface area contributed by atoms with Crippen molar-refractivity contribution in [3.63, 3.8) is 0 Å². The maximum Gasteiger partial charge on any atom is 0.256 e. The SMILES string of the molecule is Cc1cc(OCc2ccc(C(=O)Nc3ccn(Cc4ccc(F)cc4Cl)n3)cc2)ccc1Cl. The summed E-state index contributed by atoms with van der Waals surface area (Å²) in [6.45, 7) is 2.65. The fourth-order valence-corrected chi connectivity index (χ4v) is 3.50. The number of amides is 1. The van der Waals surface area contributed by atoms with Crippen molar-refractivity contribution in [1.29, 1.82) is 0 Å². The number of aryl methyl sites for hydroxylation is 1. The van der Waals surface area contributed by atoms with Gasteiger partial charge >= 0.3 is 0 Å². The Morgan fingerprint density at radius 2 is 1.82 bits per heavy atom. The molecule has 1 amide bonds. The highest BCUT2D eigenvalue weighted by Gasteiger charge is 2.10. The summed E-state index contributed by atoms with van der Waals surface area (Å²) in [5.74, 6) is 0.468. The normalized spacial score (nSPS) is 10.8. The van der Waals surface area contributed by atoms with Gasteiger partial charge in [0, 0.05) is 27.9 Å². The highest BCUT2D eigenvalue weighted by atomic mass is 35.5. The Balaban J connectivity index is 1.33. The first-order chi connectivity index (χ1) is 15.9. The predicted molar refractivity (Wildman–Crippen MR) is 128 cm³/mol. The van der Waals surface area contributed by atoms with Crippen LogP contribution in [0.2, 0.25) is 10.0 Å². The Hall–Kier alpha value is -3.35. The predicted octanol–water partition coefficient (Wildman–Crippen LogP) is 6.52. The van der Waals surface area contributed by atoms with E-state index in [2.05, 4.69) is 10.4 Å². The van der Waals surface area contributed by atoms with Crippen LogP contribution in [0.3, 0.4) is 0 Å². The third-order valence-electron chi connectivity index (χ3n) is 4.98. The monoisotopic (exact) mass is 483 g/mol. The van der Waals surface area contributed by atoms with Crippen molar-refractivity contribution in [1.82, 2.24) is 9.78 Å². The van der Waals surface area contributed by atoms with Gasteiger partial charge in [0.2, 0.25) is 0 Å². The molecule has 0 fully saturated rings. The topological polar surface area (TPSA) is 56.1 Å². The number of benzene rings is 3. The molecule has 0 aliphatic carbocycles. The molecular weight excluding hydrogens is 464 g/mol. The number of hydrogen-bond acceptors (Lipinski definition) is 3. The molecule has 0 radical (unpaired) electrons. The van der Waals surface area contributed by atoms with Crippen molar-refractivity contribution >= 4 is 34.9 Å². The summed E-state index contributed by atoms with van der Waals surface area (Å²) in [7, 11) is 0. The first-order valence-corrected chi connectivity index (χ1v) is 10.9. The van der Waals surface area contributed by atoms with Gasteiger partial charge in [-0.1, -0.05) is 41.4 Å². The van der Waals surface area contributed by atoms with Gasteiger partial charge < -0.3 is 10.1 Å². The highest BCUT2D eigenvalue weighted by molar-refractivity contribution is 6.31. The molecule has 0 bridgehead atoms. The molecule has 0 spiro atoms. The average Bonchev–Trinajstić information content (AvgIpc) is 3.23. The molecule has 3 aromatic carbocycles. The molecule has 168 valence electrons. The Bertz CT molecular complexity index is 1290. The van der Waals surface area contributed by atoms with Crippen LogP contribution in [0, 0.1) is 12.7 Å². The van der Waals surface area contributed by atoms with Crippen LogP contribution in [0.25, 0.3) is 0 Å². The van der Waals surface area contributed by atoms with E-state index >= 15 is 0 Å². The average molecular weight is 484 g/mol. The Labute approximate surface area is 200 Å². The molecule has 4 rings (SSSR count). The number of nitrogens with one attached hydrogen (secondary N) is 1. The molecule has 1 N–H and O–H groups in total. The molecule has 0 saturated heterocycles. The molecular formula is C25H20Cl2FN3O2. The summed E-state index contributed by atoms with van der Waals surface area (Å²) in [5, 5.41) is 8.12. The molecule has 4 aromatic rings. The van der Waals surface area contributed by atoms with E-state index in [1.807, 2.05) is 31.2 Å². The molecule has 33 heavy (non-hydrogen) atoms. The van der Waals surface area contributed by atoms with Crippen molar-refractivity contribution in [2.45, 2.75) is 20.1 Å². The zero-order valence-corrected chi connectivity index (χ0v) is 19.2. The van der Waals surface area contributed by atoms with Crippen LogP contribution >= 0.6 is 23.2 Å². The zero-order valence-electron chi connectivity index (χ0n) is 17.7.